The van der Waals surface area contributed by atoms with E-state index in [1.807, 2.05) is 20.8 Å². The summed E-state index contributed by atoms with van der Waals surface area (Å²) in [6.45, 7) is 31.6. The zero-order valence-corrected chi connectivity index (χ0v) is 29.0. The number of hydrogen-bond donors (Lipinski definition) is 1. The molecular weight excluding hydrogens is 498 g/mol. The Morgan fingerprint density at radius 3 is 1.84 bits per heavy atom. The third kappa shape index (κ3) is 14.2. The van der Waals surface area contributed by atoms with E-state index in [0.717, 1.165) is 25.3 Å². The van der Waals surface area contributed by atoms with Crippen LogP contribution in [0.25, 0.3) is 0 Å². The molecule has 0 aromatic heterocycles. The van der Waals surface area contributed by atoms with Crippen molar-refractivity contribution in [1.29, 1.82) is 0 Å². The van der Waals surface area contributed by atoms with Crippen LogP contribution >= 0.6 is 0 Å². The van der Waals surface area contributed by atoms with Crippen molar-refractivity contribution >= 4 is 28.7 Å². The highest BCUT2D eigenvalue weighted by molar-refractivity contribution is 6.74. The quantitative estimate of drug-likeness (QED) is 0.216. The molecule has 1 N–H and O–H groups in total. The summed E-state index contributed by atoms with van der Waals surface area (Å²) in [7, 11) is -4.32. The van der Waals surface area contributed by atoms with Gasteiger partial charge in [0.05, 0.1) is 18.1 Å². The van der Waals surface area contributed by atoms with E-state index in [2.05, 4.69) is 86.9 Å². The minimum Gasteiger partial charge on any atom is -0.519 e. The molecule has 37 heavy (non-hydrogen) atoms. The number of nitrogens with one attached hydrogen (secondary N) is 1. The van der Waals surface area contributed by atoms with Crippen molar-refractivity contribution in [2.45, 2.75) is 157 Å². The number of ether oxygens (including phenoxy) is 1. The maximum atomic E-state index is 13.6. The van der Waals surface area contributed by atoms with Crippen LogP contribution in [0.3, 0.4) is 0 Å². The van der Waals surface area contributed by atoms with Crippen LogP contribution < -0.4 is 5.32 Å². The number of rotatable bonds is 14. The molecule has 0 aromatic rings. The van der Waals surface area contributed by atoms with Crippen LogP contribution in [0, 0.1) is 17.8 Å². The minimum absolute atomic E-state index is 0.0115. The van der Waals surface area contributed by atoms with E-state index in [0.29, 0.717) is 12.3 Å². The first-order valence-electron chi connectivity index (χ1n) is 14.4. The van der Waals surface area contributed by atoms with Crippen LogP contribution in [0.1, 0.15) is 102 Å². The van der Waals surface area contributed by atoms with Gasteiger partial charge in [-0.1, -0.05) is 68.2 Å². The molecule has 0 bridgehead atoms. The normalized spacial score (nSPS) is 15.9. The van der Waals surface area contributed by atoms with E-state index in [-0.39, 0.29) is 35.0 Å². The highest BCUT2D eigenvalue weighted by Gasteiger charge is 2.43. The Labute approximate surface area is 231 Å². The second-order valence-electron chi connectivity index (χ2n) is 14.7. The third-order valence-corrected chi connectivity index (χ3v) is 14.0. The Kier molecular flexibility index (Phi) is 14.2. The predicted octanol–water partition coefficient (Wildman–Crippen LogP) is 8.53. The third-order valence-electron chi connectivity index (χ3n) is 7.23. The lowest BCUT2D eigenvalue weighted by Crippen LogP contribution is -2.54. The van der Waals surface area contributed by atoms with E-state index in [9.17, 15) is 9.59 Å². The van der Waals surface area contributed by atoms with E-state index in [1.54, 1.807) is 0 Å². The molecule has 0 aliphatic carbocycles. The molecule has 1 amide bonds. The van der Waals surface area contributed by atoms with Crippen molar-refractivity contribution in [2.24, 2.45) is 17.8 Å². The zero-order valence-electron chi connectivity index (χ0n) is 27.0. The summed E-state index contributed by atoms with van der Waals surface area (Å²) in [5, 5.41) is 3.12. The van der Waals surface area contributed by atoms with Crippen LogP contribution in [0.15, 0.2) is 0 Å². The standard InChI is InChI=1S/C29H61NO5Si2/c1-16-17-18-36(12,13)35-26(31)23(22(4)5)20-25(34-37(14,15)29(9,10)11)24(19-21(2)3)30-27(32)33-28(6,7)8/h21-25H,16-20H2,1-15H3,(H,30,32)/t23-,24-,25-/m0/s1. The largest absolute Gasteiger partial charge is 0.519 e. The first kappa shape index (κ1) is 36.1. The summed E-state index contributed by atoms with van der Waals surface area (Å²) in [6.07, 6.45) is 2.64. The molecule has 0 rings (SSSR count). The van der Waals surface area contributed by atoms with Gasteiger partial charge in [0.2, 0.25) is 8.32 Å². The fraction of sp³-hybridized carbons (Fsp3) is 0.931. The molecule has 0 heterocycles. The van der Waals surface area contributed by atoms with Crippen molar-refractivity contribution in [3.8, 4) is 0 Å². The maximum absolute atomic E-state index is 13.6. The molecule has 0 saturated heterocycles. The average molecular weight is 560 g/mol. The number of hydrogen-bond acceptors (Lipinski definition) is 5. The maximum Gasteiger partial charge on any atom is 0.407 e. The summed E-state index contributed by atoms with van der Waals surface area (Å²) in [5.74, 6) is -0.00376. The van der Waals surface area contributed by atoms with Gasteiger partial charge in [-0.05, 0) is 82.7 Å². The molecule has 0 fully saturated rings. The Morgan fingerprint density at radius 1 is 0.892 bits per heavy atom. The van der Waals surface area contributed by atoms with Gasteiger partial charge in [0.25, 0.3) is 5.97 Å². The number of carbonyl (C=O) groups excluding carboxylic acids is 2. The topological polar surface area (TPSA) is 73.9 Å². The van der Waals surface area contributed by atoms with E-state index in [1.165, 1.54) is 0 Å². The molecule has 0 radical (unpaired) electrons. The first-order valence-corrected chi connectivity index (χ1v) is 20.4. The zero-order chi connectivity index (χ0) is 29.4. The SMILES string of the molecule is CCCC[Si](C)(C)OC(=O)[C@@H](C[C@H](O[Si](C)(C)C(C)(C)C)[C@H](CC(C)C)NC(=O)OC(C)(C)C)C(C)C. The van der Waals surface area contributed by atoms with E-state index < -0.39 is 28.3 Å². The number of alkyl carbamates (subject to hydrolysis) is 1. The van der Waals surface area contributed by atoms with E-state index in [4.69, 9.17) is 13.6 Å². The average Bonchev–Trinajstić information content (AvgIpc) is 2.65. The fourth-order valence-corrected chi connectivity index (χ4v) is 7.39. The molecule has 0 saturated carbocycles. The summed E-state index contributed by atoms with van der Waals surface area (Å²) in [6, 6.07) is 0.698. The highest BCUT2D eigenvalue weighted by atomic mass is 28.4. The Morgan fingerprint density at radius 2 is 1.43 bits per heavy atom. The Balaban J connectivity index is 6.27. The van der Waals surface area contributed by atoms with Crippen LogP contribution in [0.2, 0.25) is 37.3 Å². The van der Waals surface area contributed by atoms with Crippen LogP contribution in [-0.2, 0) is 18.4 Å². The summed E-state index contributed by atoms with van der Waals surface area (Å²) in [5.41, 5.74) is -0.596. The molecule has 0 aliphatic heterocycles. The van der Waals surface area contributed by atoms with Crippen LogP contribution in [-0.4, -0.2) is 46.4 Å². The van der Waals surface area contributed by atoms with Crippen molar-refractivity contribution in [1.82, 2.24) is 5.32 Å². The first-order chi connectivity index (χ1) is 16.5. The fourth-order valence-electron chi connectivity index (χ4n) is 4.01. The molecule has 0 aliphatic rings. The smallest absolute Gasteiger partial charge is 0.407 e. The van der Waals surface area contributed by atoms with Crippen molar-refractivity contribution in [3.63, 3.8) is 0 Å². The highest BCUT2D eigenvalue weighted by Crippen LogP contribution is 2.39. The second-order valence-corrected chi connectivity index (χ2v) is 23.6. The summed E-state index contributed by atoms with van der Waals surface area (Å²) < 4.78 is 18.8. The number of carbonyl (C=O) groups is 2. The van der Waals surface area contributed by atoms with Crippen molar-refractivity contribution in [2.75, 3.05) is 0 Å². The van der Waals surface area contributed by atoms with Crippen molar-refractivity contribution in [3.05, 3.63) is 0 Å². The molecule has 220 valence electrons. The lowest BCUT2D eigenvalue weighted by atomic mass is 9.86. The van der Waals surface area contributed by atoms with Gasteiger partial charge in [-0.2, -0.15) is 0 Å². The van der Waals surface area contributed by atoms with Crippen molar-refractivity contribution < 1.29 is 23.2 Å². The Bertz CT molecular complexity index is 708. The van der Waals surface area contributed by atoms with Crippen LogP contribution in [0.5, 0.6) is 0 Å². The lowest BCUT2D eigenvalue weighted by Gasteiger charge is -2.43. The second kappa shape index (κ2) is 14.5. The summed E-state index contributed by atoms with van der Waals surface area (Å²) >= 11 is 0. The lowest BCUT2D eigenvalue weighted by molar-refractivity contribution is -0.142. The van der Waals surface area contributed by atoms with E-state index >= 15 is 0 Å². The molecule has 0 spiro atoms. The molecule has 0 unspecified atom stereocenters. The van der Waals surface area contributed by atoms with Gasteiger partial charge in [-0.25, -0.2) is 4.79 Å². The molecule has 6 nitrogen and oxygen atoms in total. The number of unbranched alkanes of at least 4 members (excludes halogenated alkanes) is 1. The van der Waals surface area contributed by atoms with Gasteiger partial charge in [-0.15, -0.1) is 0 Å². The van der Waals surface area contributed by atoms with Gasteiger partial charge in [0.1, 0.15) is 5.60 Å². The Hall–Kier alpha value is -0.866. The monoisotopic (exact) mass is 559 g/mol. The van der Waals surface area contributed by atoms with Gasteiger partial charge in [0, 0.05) is 0 Å². The number of amides is 1. The molecule has 8 heteroatoms. The van der Waals surface area contributed by atoms with Gasteiger partial charge >= 0.3 is 6.09 Å². The predicted molar refractivity (Wildman–Crippen MR) is 161 cm³/mol. The molecule has 0 aromatic carbocycles. The minimum atomic E-state index is -2.22. The van der Waals surface area contributed by atoms with Gasteiger partial charge < -0.3 is 18.9 Å². The van der Waals surface area contributed by atoms with Gasteiger partial charge in [0.15, 0.2) is 8.32 Å². The molecule has 3 atom stereocenters. The molecular formula is C29H61NO5Si2. The summed E-state index contributed by atoms with van der Waals surface area (Å²) in [4.78, 5) is 26.5. The van der Waals surface area contributed by atoms with Gasteiger partial charge in [-0.3, -0.25) is 4.79 Å². The van der Waals surface area contributed by atoms with Crippen LogP contribution in [0.4, 0.5) is 4.79 Å².